The molecule has 0 spiro atoms. The van der Waals surface area contributed by atoms with E-state index in [1.54, 1.807) is 6.92 Å². The summed E-state index contributed by atoms with van der Waals surface area (Å²) in [6.45, 7) is 3.72. The van der Waals surface area contributed by atoms with Crippen molar-refractivity contribution in [3.8, 4) is 0 Å². The Kier molecular flexibility index (Phi) is 7.82. The van der Waals surface area contributed by atoms with Gasteiger partial charge in [0.1, 0.15) is 0 Å². The number of rotatable bonds is 11. The van der Waals surface area contributed by atoms with Crippen LogP contribution in [0.4, 0.5) is 0 Å². The number of carbonyl (C=O) groups is 3. The predicted molar refractivity (Wildman–Crippen MR) is 100.0 cm³/mol. The van der Waals surface area contributed by atoms with Gasteiger partial charge in [-0.3, -0.25) is 14.4 Å². The van der Waals surface area contributed by atoms with Crippen molar-refractivity contribution in [1.29, 1.82) is 0 Å². The molecule has 26 heavy (non-hydrogen) atoms. The van der Waals surface area contributed by atoms with E-state index < -0.39 is 12.1 Å². The van der Waals surface area contributed by atoms with Crippen molar-refractivity contribution in [3.05, 3.63) is 35.4 Å². The number of Topliss-reactive ketones (excluding diaryl/α,β-unsaturated/α-hetero) is 1. The van der Waals surface area contributed by atoms with Crippen LogP contribution in [-0.4, -0.2) is 29.8 Å². The van der Waals surface area contributed by atoms with Crippen LogP contribution < -0.4 is 5.32 Å². The van der Waals surface area contributed by atoms with Crippen LogP contribution in [0, 0.1) is 0 Å². The summed E-state index contributed by atoms with van der Waals surface area (Å²) in [5.41, 5.74) is 1.83. The van der Waals surface area contributed by atoms with Gasteiger partial charge in [-0.15, -0.1) is 0 Å². The fourth-order valence-electron chi connectivity index (χ4n) is 2.65. The Labute approximate surface area is 155 Å². The molecule has 1 N–H and O–H groups in total. The Morgan fingerprint density at radius 2 is 1.81 bits per heavy atom. The van der Waals surface area contributed by atoms with Gasteiger partial charge in [0.25, 0.3) is 5.91 Å². The average Bonchev–Trinajstić information content (AvgIpc) is 3.44. The zero-order chi connectivity index (χ0) is 18.9. The van der Waals surface area contributed by atoms with Crippen LogP contribution >= 0.6 is 0 Å². The van der Waals surface area contributed by atoms with E-state index in [1.807, 2.05) is 24.3 Å². The third-order valence-electron chi connectivity index (χ3n) is 4.50. The molecule has 0 heterocycles. The Bertz CT molecular complexity index is 619. The first kappa shape index (κ1) is 20.1. The van der Waals surface area contributed by atoms with Crippen molar-refractivity contribution >= 4 is 17.7 Å². The standard InChI is InChI=1S/C21H29NO4/c1-3-4-5-6-16-7-9-17(10-8-16)19(23)13-14-20(24)26-15(2)21(25)22-18-11-12-18/h7-10,15,18H,3-6,11-14H2,1-2H3,(H,22,25). The quantitative estimate of drug-likeness (QED) is 0.372. The number of nitrogens with one attached hydrogen (secondary N) is 1. The second kappa shape index (κ2) is 10.1. The van der Waals surface area contributed by atoms with Crippen LogP contribution in [0.25, 0.3) is 0 Å². The lowest BCUT2D eigenvalue weighted by molar-refractivity contribution is -0.154. The normalized spacial score (nSPS) is 14.5. The maximum absolute atomic E-state index is 12.2. The molecule has 1 aromatic carbocycles. The van der Waals surface area contributed by atoms with Gasteiger partial charge < -0.3 is 10.1 Å². The van der Waals surface area contributed by atoms with Gasteiger partial charge in [0, 0.05) is 18.0 Å². The van der Waals surface area contributed by atoms with E-state index in [2.05, 4.69) is 12.2 Å². The highest BCUT2D eigenvalue weighted by molar-refractivity contribution is 5.97. The second-order valence-electron chi connectivity index (χ2n) is 6.99. The molecule has 1 amide bonds. The summed E-state index contributed by atoms with van der Waals surface area (Å²) in [5.74, 6) is -0.879. The van der Waals surface area contributed by atoms with Gasteiger partial charge in [0.05, 0.1) is 6.42 Å². The molecular weight excluding hydrogens is 330 g/mol. The molecule has 1 aliphatic carbocycles. The maximum Gasteiger partial charge on any atom is 0.307 e. The molecule has 1 atom stereocenters. The topological polar surface area (TPSA) is 72.5 Å². The van der Waals surface area contributed by atoms with Crippen molar-refractivity contribution in [2.45, 2.75) is 77.4 Å². The third kappa shape index (κ3) is 6.98. The van der Waals surface area contributed by atoms with Crippen LogP contribution in [0.1, 0.15) is 74.7 Å². The minimum Gasteiger partial charge on any atom is -0.453 e. The molecule has 1 saturated carbocycles. The molecule has 2 rings (SSSR count). The lowest BCUT2D eigenvalue weighted by Gasteiger charge is -2.13. The van der Waals surface area contributed by atoms with Gasteiger partial charge in [-0.2, -0.15) is 0 Å². The molecule has 1 fully saturated rings. The van der Waals surface area contributed by atoms with Crippen molar-refractivity contribution in [3.63, 3.8) is 0 Å². The first-order valence-electron chi connectivity index (χ1n) is 9.61. The molecule has 0 aliphatic heterocycles. The number of ether oxygens (including phenoxy) is 1. The number of ketones is 1. The highest BCUT2D eigenvalue weighted by atomic mass is 16.5. The molecule has 5 nitrogen and oxygen atoms in total. The number of hydrogen-bond acceptors (Lipinski definition) is 4. The number of unbranched alkanes of at least 4 members (excludes halogenated alkanes) is 2. The van der Waals surface area contributed by atoms with Gasteiger partial charge in [-0.1, -0.05) is 44.0 Å². The molecule has 0 radical (unpaired) electrons. The Morgan fingerprint density at radius 3 is 2.42 bits per heavy atom. The molecule has 142 valence electrons. The Hall–Kier alpha value is -2.17. The summed E-state index contributed by atoms with van der Waals surface area (Å²) in [6, 6.07) is 7.83. The molecule has 0 saturated heterocycles. The number of hydrogen-bond donors (Lipinski definition) is 1. The first-order valence-corrected chi connectivity index (χ1v) is 9.61. The van der Waals surface area contributed by atoms with Crippen molar-refractivity contribution in [2.75, 3.05) is 0 Å². The van der Waals surface area contributed by atoms with Crippen molar-refractivity contribution in [2.24, 2.45) is 0 Å². The summed E-state index contributed by atoms with van der Waals surface area (Å²) in [4.78, 5) is 35.8. The van der Waals surface area contributed by atoms with E-state index in [-0.39, 0.29) is 30.6 Å². The van der Waals surface area contributed by atoms with Crippen molar-refractivity contribution in [1.82, 2.24) is 5.32 Å². The summed E-state index contributed by atoms with van der Waals surface area (Å²) in [5, 5.41) is 2.79. The second-order valence-corrected chi connectivity index (χ2v) is 6.99. The number of benzene rings is 1. The minimum absolute atomic E-state index is 0.0157. The minimum atomic E-state index is -0.819. The van der Waals surface area contributed by atoms with Crippen LogP contribution in [0.2, 0.25) is 0 Å². The monoisotopic (exact) mass is 359 g/mol. The van der Waals surface area contributed by atoms with E-state index in [0.29, 0.717) is 5.56 Å². The summed E-state index contributed by atoms with van der Waals surface area (Å²) in [7, 11) is 0. The zero-order valence-electron chi connectivity index (χ0n) is 15.8. The van der Waals surface area contributed by atoms with Gasteiger partial charge in [-0.05, 0) is 38.2 Å². The van der Waals surface area contributed by atoms with E-state index in [1.165, 1.54) is 18.4 Å². The molecular formula is C21H29NO4. The van der Waals surface area contributed by atoms with Gasteiger partial charge in [0.2, 0.25) is 0 Å². The van der Waals surface area contributed by atoms with Gasteiger partial charge in [-0.25, -0.2) is 0 Å². The van der Waals surface area contributed by atoms with Crippen LogP contribution in [0.3, 0.4) is 0 Å². The highest BCUT2D eigenvalue weighted by Crippen LogP contribution is 2.19. The molecule has 1 aromatic rings. The van der Waals surface area contributed by atoms with Crippen molar-refractivity contribution < 1.29 is 19.1 Å². The number of amides is 1. The average molecular weight is 359 g/mol. The Balaban J connectivity index is 1.71. The van der Waals surface area contributed by atoms with Gasteiger partial charge >= 0.3 is 5.97 Å². The zero-order valence-corrected chi connectivity index (χ0v) is 15.8. The number of aryl methyl sites for hydroxylation is 1. The van der Waals surface area contributed by atoms with E-state index in [0.717, 1.165) is 25.7 Å². The molecule has 5 heteroatoms. The van der Waals surface area contributed by atoms with E-state index >= 15 is 0 Å². The first-order chi connectivity index (χ1) is 12.5. The maximum atomic E-state index is 12.2. The highest BCUT2D eigenvalue weighted by Gasteiger charge is 2.27. The lowest BCUT2D eigenvalue weighted by atomic mass is 10.0. The molecule has 1 aliphatic rings. The summed E-state index contributed by atoms with van der Waals surface area (Å²) < 4.78 is 5.10. The van der Waals surface area contributed by atoms with E-state index in [4.69, 9.17) is 4.74 Å². The SMILES string of the molecule is CCCCCc1ccc(C(=O)CCC(=O)OC(C)C(=O)NC2CC2)cc1. The molecule has 1 unspecified atom stereocenters. The fourth-order valence-corrected chi connectivity index (χ4v) is 2.65. The van der Waals surface area contributed by atoms with E-state index in [9.17, 15) is 14.4 Å². The van der Waals surface area contributed by atoms with Crippen LogP contribution in [-0.2, 0) is 20.7 Å². The fraction of sp³-hybridized carbons (Fsp3) is 0.571. The third-order valence-corrected chi connectivity index (χ3v) is 4.50. The predicted octanol–water partition coefficient (Wildman–Crippen LogP) is 3.59. The van der Waals surface area contributed by atoms with Crippen LogP contribution in [0.15, 0.2) is 24.3 Å². The number of carbonyl (C=O) groups excluding carboxylic acids is 3. The molecule has 0 aromatic heterocycles. The Morgan fingerprint density at radius 1 is 1.12 bits per heavy atom. The number of esters is 1. The summed E-state index contributed by atoms with van der Waals surface area (Å²) >= 11 is 0. The van der Waals surface area contributed by atoms with Gasteiger partial charge in [0.15, 0.2) is 11.9 Å². The largest absolute Gasteiger partial charge is 0.453 e. The lowest BCUT2D eigenvalue weighted by Crippen LogP contribution is -2.37. The summed E-state index contributed by atoms with van der Waals surface area (Å²) in [6.07, 6.45) is 5.80. The molecule has 0 bridgehead atoms. The smallest absolute Gasteiger partial charge is 0.307 e. The van der Waals surface area contributed by atoms with Crippen LogP contribution in [0.5, 0.6) is 0 Å².